The van der Waals surface area contributed by atoms with Crippen molar-refractivity contribution < 1.29 is 19.8 Å². The third-order valence-corrected chi connectivity index (χ3v) is 4.00. The number of carboxylic acids is 1. The molecule has 2 rings (SSSR count). The summed E-state index contributed by atoms with van der Waals surface area (Å²) < 4.78 is 0. The first-order valence-electron chi connectivity index (χ1n) is 8.35. The number of hydrogen-bond donors (Lipinski definition) is 2. The van der Waals surface area contributed by atoms with Crippen LogP contribution in [0.15, 0.2) is 54.6 Å². The zero-order valence-electron chi connectivity index (χ0n) is 14.2. The van der Waals surface area contributed by atoms with Gasteiger partial charge in [0.1, 0.15) is 0 Å². The van der Waals surface area contributed by atoms with Crippen molar-refractivity contribution in [1.82, 2.24) is 0 Å². The van der Waals surface area contributed by atoms with Gasteiger partial charge in [-0.15, -0.1) is 0 Å². The Labute approximate surface area is 147 Å². The van der Waals surface area contributed by atoms with Gasteiger partial charge in [-0.3, -0.25) is 4.79 Å². The molecule has 1 unspecified atom stereocenters. The lowest BCUT2D eigenvalue weighted by molar-refractivity contribution is 0.0696. The minimum atomic E-state index is -0.979. The first-order valence-corrected chi connectivity index (χ1v) is 8.35. The maximum absolute atomic E-state index is 12.2. The molecule has 2 aromatic rings. The maximum atomic E-state index is 12.2. The molecule has 1 atom stereocenters. The lowest BCUT2D eigenvalue weighted by Gasteiger charge is -2.10. The second kappa shape index (κ2) is 8.94. The Morgan fingerprint density at radius 1 is 1.00 bits per heavy atom. The summed E-state index contributed by atoms with van der Waals surface area (Å²) in [7, 11) is 0. The van der Waals surface area contributed by atoms with Gasteiger partial charge in [0.2, 0.25) is 0 Å². The average Bonchev–Trinajstić information content (AvgIpc) is 2.64. The molecule has 0 amide bonds. The van der Waals surface area contributed by atoms with Crippen LogP contribution in [-0.2, 0) is 0 Å². The zero-order valence-corrected chi connectivity index (χ0v) is 14.2. The van der Waals surface area contributed by atoms with Gasteiger partial charge in [0.25, 0.3) is 0 Å². The molecule has 0 fully saturated rings. The van der Waals surface area contributed by atoms with E-state index in [4.69, 9.17) is 5.11 Å². The molecule has 4 heteroatoms. The quantitative estimate of drug-likeness (QED) is 0.549. The number of rotatable bonds is 8. The van der Waals surface area contributed by atoms with E-state index in [9.17, 15) is 14.7 Å². The molecule has 0 saturated heterocycles. The summed E-state index contributed by atoms with van der Waals surface area (Å²) in [5, 5.41) is 18.9. The minimum Gasteiger partial charge on any atom is -0.478 e. The molecular weight excluding hydrogens is 316 g/mol. The largest absolute Gasteiger partial charge is 0.478 e. The van der Waals surface area contributed by atoms with E-state index in [1.807, 2.05) is 0 Å². The first kappa shape index (κ1) is 18.6. The van der Waals surface area contributed by atoms with Crippen molar-refractivity contribution in [2.75, 3.05) is 0 Å². The van der Waals surface area contributed by atoms with Gasteiger partial charge in [-0.1, -0.05) is 62.2 Å². The van der Waals surface area contributed by atoms with E-state index in [-0.39, 0.29) is 11.3 Å². The third kappa shape index (κ3) is 5.40. The highest BCUT2D eigenvalue weighted by Crippen LogP contribution is 2.20. The normalized spacial score (nSPS) is 12.2. The lowest BCUT2D eigenvalue weighted by atomic mass is 10.0. The highest BCUT2D eigenvalue weighted by molar-refractivity contribution is 6.06. The summed E-state index contributed by atoms with van der Waals surface area (Å²) in [6.07, 6.45) is 5.33. The van der Waals surface area contributed by atoms with Gasteiger partial charge in [0.15, 0.2) is 5.78 Å². The Bertz CT molecular complexity index is 742. The Morgan fingerprint density at radius 3 is 2.16 bits per heavy atom. The third-order valence-electron chi connectivity index (χ3n) is 4.00. The molecular formula is C21H22O4. The lowest BCUT2D eigenvalue weighted by Crippen LogP contribution is -1.99. The Morgan fingerprint density at radius 2 is 1.60 bits per heavy atom. The van der Waals surface area contributed by atoms with E-state index in [1.54, 1.807) is 42.5 Å². The first-order chi connectivity index (χ1) is 12.0. The number of unbranched alkanes of at least 4 members (excludes halogenated alkanes) is 1. The summed E-state index contributed by atoms with van der Waals surface area (Å²) in [6, 6.07) is 13.3. The number of ketones is 1. The van der Waals surface area contributed by atoms with Crippen LogP contribution >= 0.6 is 0 Å². The van der Waals surface area contributed by atoms with Crippen LogP contribution in [0.4, 0.5) is 0 Å². The van der Waals surface area contributed by atoms with Crippen molar-refractivity contribution in [3.8, 4) is 0 Å². The van der Waals surface area contributed by atoms with Crippen molar-refractivity contribution in [2.45, 2.75) is 32.3 Å². The molecule has 0 bridgehead atoms. The average molecular weight is 338 g/mol. The van der Waals surface area contributed by atoms with Crippen LogP contribution in [0, 0.1) is 0 Å². The van der Waals surface area contributed by atoms with Crippen molar-refractivity contribution in [3.05, 3.63) is 76.9 Å². The van der Waals surface area contributed by atoms with Crippen molar-refractivity contribution in [3.63, 3.8) is 0 Å². The second-order valence-electron chi connectivity index (χ2n) is 5.90. The van der Waals surface area contributed by atoms with E-state index in [0.29, 0.717) is 5.56 Å². The molecule has 130 valence electrons. The highest BCUT2D eigenvalue weighted by Gasteiger charge is 2.08. The van der Waals surface area contributed by atoms with Gasteiger partial charge in [-0.2, -0.15) is 0 Å². The molecule has 0 saturated carbocycles. The molecule has 0 spiro atoms. The van der Waals surface area contributed by atoms with E-state index < -0.39 is 12.1 Å². The van der Waals surface area contributed by atoms with Gasteiger partial charge < -0.3 is 10.2 Å². The number of aliphatic hydroxyl groups is 1. The molecule has 25 heavy (non-hydrogen) atoms. The number of carboxylic acid groups (broad SMARTS) is 1. The summed E-state index contributed by atoms with van der Waals surface area (Å²) in [4.78, 5) is 23.0. The summed E-state index contributed by atoms with van der Waals surface area (Å²) in [6.45, 7) is 2.08. The summed E-state index contributed by atoms with van der Waals surface area (Å²) in [5.41, 5.74) is 2.33. The Kier molecular flexibility index (Phi) is 6.66. The van der Waals surface area contributed by atoms with Crippen LogP contribution in [0.2, 0.25) is 0 Å². The Hall–Kier alpha value is -2.72. The van der Waals surface area contributed by atoms with Crippen LogP contribution in [0.25, 0.3) is 6.08 Å². The standard InChI is InChI=1S/C21H22O4/c1-2-3-4-19(22)16-10-12-17(13-11-16)20(23)14-7-15-5-8-18(9-6-15)21(24)25/h5-14,19,22H,2-4H2,1H3,(H,24,25)/b14-7+. The van der Waals surface area contributed by atoms with E-state index in [2.05, 4.69) is 6.92 Å². The molecule has 0 aliphatic heterocycles. The van der Waals surface area contributed by atoms with Gasteiger partial charge in [-0.05, 0) is 35.8 Å². The fourth-order valence-electron chi connectivity index (χ4n) is 2.44. The molecule has 0 radical (unpaired) electrons. The fraction of sp³-hybridized carbons (Fsp3) is 0.238. The smallest absolute Gasteiger partial charge is 0.335 e. The van der Waals surface area contributed by atoms with Crippen LogP contribution < -0.4 is 0 Å². The molecule has 0 aliphatic rings. The number of carbonyl (C=O) groups is 2. The number of carbonyl (C=O) groups excluding carboxylic acids is 1. The Balaban J connectivity index is 2.01. The summed E-state index contributed by atoms with van der Waals surface area (Å²) >= 11 is 0. The fourth-order valence-corrected chi connectivity index (χ4v) is 2.44. The molecule has 0 aromatic heterocycles. The second-order valence-corrected chi connectivity index (χ2v) is 5.90. The number of aromatic carboxylic acids is 1. The molecule has 2 N–H and O–H groups in total. The number of allylic oxidation sites excluding steroid dienone is 1. The predicted molar refractivity (Wildman–Crippen MR) is 97.7 cm³/mol. The molecule has 2 aromatic carbocycles. The molecule has 0 heterocycles. The van der Waals surface area contributed by atoms with Crippen LogP contribution in [0.3, 0.4) is 0 Å². The molecule has 0 aliphatic carbocycles. The zero-order chi connectivity index (χ0) is 18.2. The van der Waals surface area contributed by atoms with Crippen LogP contribution in [-0.4, -0.2) is 22.0 Å². The monoisotopic (exact) mass is 338 g/mol. The van der Waals surface area contributed by atoms with Crippen molar-refractivity contribution in [2.24, 2.45) is 0 Å². The van der Waals surface area contributed by atoms with Crippen molar-refractivity contribution >= 4 is 17.8 Å². The van der Waals surface area contributed by atoms with Crippen molar-refractivity contribution in [1.29, 1.82) is 0 Å². The van der Waals surface area contributed by atoms with E-state index >= 15 is 0 Å². The van der Waals surface area contributed by atoms with Gasteiger partial charge in [0, 0.05) is 5.56 Å². The predicted octanol–water partition coefficient (Wildman–Crippen LogP) is 4.50. The number of aliphatic hydroxyl groups excluding tert-OH is 1. The minimum absolute atomic E-state index is 0.142. The van der Waals surface area contributed by atoms with Gasteiger partial charge in [-0.25, -0.2) is 4.79 Å². The van der Waals surface area contributed by atoms with E-state index in [0.717, 1.165) is 30.4 Å². The number of hydrogen-bond acceptors (Lipinski definition) is 3. The SMILES string of the molecule is CCCCC(O)c1ccc(C(=O)/C=C/c2ccc(C(=O)O)cc2)cc1. The van der Waals surface area contributed by atoms with E-state index in [1.165, 1.54) is 18.2 Å². The molecule has 4 nitrogen and oxygen atoms in total. The summed E-state index contributed by atoms with van der Waals surface area (Å²) in [5.74, 6) is -1.12. The van der Waals surface area contributed by atoms with Crippen LogP contribution in [0.1, 0.15) is 64.1 Å². The topological polar surface area (TPSA) is 74.6 Å². The van der Waals surface area contributed by atoms with Gasteiger partial charge >= 0.3 is 5.97 Å². The number of benzene rings is 2. The maximum Gasteiger partial charge on any atom is 0.335 e. The van der Waals surface area contributed by atoms with Crippen LogP contribution in [0.5, 0.6) is 0 Å². The highest BCUT2D eigenvalue weighted by atomic mass is 16.4. The van der Waals surface area contributed by atoms with Gasteiger partial charge in [0.05, 0.1) is 11.7 Å².